The summed E-state index contributed by atoms with van der Waals surface area (Å²) in [6.45, 7) is 6.02. The fraction of sp³-hybridized carbons (Fsp3) is 0.167. The number of allylic oxidation sites excluding steroid dienone is 9. The Morgan fingerprint density at radius 1 is 1.17 bits per heavy atom. The van der Waals surface area contributed by atoms with Crippen LogP contribution >= 0.6 is 0 Å². The third-order valence-corrected chi connectivity index (χ3v) is 1.81. The molecule has 0 saturated heterocycles. The predicted molar refractivity (Wildman–Crippen MR) is 54.9 cm³/mol. The van der Waals surface area contributed by atoms with Crippen molar-refractivity contribution < 1.29 is 0 Å². The first-order valence-electron chi connectivity index (χ1n) is 4.16. The van der Waals surface area contributed by atoms with Crippen LogP contribution in [-0.4, -0.2) is 0 Å². The van der Waals surface area contributed by atoms with Gasteiger partial charge in [-0.3, -0.25) is 0 Å². The van der Waals surface area contributed by atoms with Crippen molar-refractivity contribution in [2.24, 2.45) is 0 Å². The fourth-order valence-electron chi connectivity index (χ4n) is 0.937. The van der Waals surface area contributed by atoms with Crippen molar-refractivity contribution in [1.29, 1.82) is 0 Å². The van der Waals surface area contributed by atoms with Gasteiger partial charge in [0, 0.05) is 0 Å². The molecule has 62 valence electrons. The molecular formula is C12H14. The van der Waals surface area contributed by atoms with Crippen LogP contribution in [0.15, 0.2) is 60.3 Å². The second kappa shape index (κ2) is 4.55. The van der Waals surface area contributed by atoms with Gasteiger partial charge < -0.3 is 0 Å². The van der Waals surface area contributed by atoms with Crippen LogP contribution < -0.4 is 0 Å². The topological polar surface area (TPSA) is 0 Å². The largest absolute Gasteiger partial charge is 0.0915 e. The molecule has 0 aromatic carbocycles. The van der Waals surface area contributed by atoms with E-state index in [2.05, 4.69) is 37.8 Å². The normalized spacial score (nSPS) is 30.1. The van der Waals surface area contributed by atoms with E-state index in [0.717, 1.165) is 12.0 Å². The molecular weight excluding hydrogens is 144 g/mol. The molecule has 0 saturated carbocycles. The lowest BCUT2D eigenvalue weighted by atomic mass is 10.1. The van der Waals surface area contributed by atoms with Gasteiger partial charge in [-0.1, -0.05) is 49.1 Å². The Labute approximate surface area is 74.3 Å². The van der Waals surface area contributed by atoms with Crippen LogP contribution in [0.1, 0.15) is 13.3 Å². The third-order valence-electron chi connectivity index (χ3n) is 1.81. The average Bonchev–Trinajstić information content (AvgIpc) is 2.08. The van der Waals surface area contributed by atoms with E-state index in [9.17, 15) is 0 Å². The van der Waals surface area contributed by atoms with Crippen molar-refractivity contribution in [3.8, 4) is 0 Å². The van der Waals surface area contributed by atoms with Crippen molar-refractivity contribution in [2.45, 2.75) is 13.3 Å². The minimum Gasteiger partial charge on any atom is -0.0915 e. The van der Waals surface area contributed by atoms with Gasteiger partial charge in [0.1, 0.15) is 0 Å². The second-order valence-corrected chi connectivity index (χ2v) is 2.83. The number of rotatable bonds is 0. The highest BCUT2D eigenvalue weighted by Crippen LogP contribution is 2.09. The lowest BCUT2D eigenvalue weighted by Gasteiger charge is -1.97. The Kier molecular flexibility index (Phi) is 3.34. The van der Waals surface area contributed by atoms with Gasteiger partial charge in [0.05, 0.1) is 0 Å². The molecule has 0 N–H and O–H groups in total. The van der Waals surface area contributed by atoms with Crippen molar-refractivity contribution in [2.75, 3.05) is 0 Å². The highest BCUT2D eigenvalue weighted by atomic mass is 13.9. The molecule has 0 radical (unpaired) electrons. The molecule has 0 unspecified atom stereocenters. The van der Waals surface area contributed by atoms with Crippen LogP contribution in [0.4, 0.5) is 0 Å². The molecule has 0 aliphatic heterocycles. The quantitative estimate of drug-likeness (QED) is 0.505. The highest BCUT2D eigenvalue weighted by molar-refractivity contribution is 5.39. The molecule has 0 nitrogen and oxygen atoms in total. The van der Waals surface area contributed by atoms with E-state index in [1.165, 1.54) is 5.57 Å². The van der Waals surface area contributed by atoms with Crippen molar-refractivity contribution in [1.82, 2.24) is 0 Å². The van der Waals surface area contributed by atoms with E-state index < -0.39 is 0 Å². The third kappa shape index (κ3) is 2.75. The van der Waals surface area contributed by atoms with Crippen molar-refractivity contribution in [3.05, 3.63) is 60.3 Å². The summed E-state index contributed by atoms with van der Waals surface area (Å²) in [5.41, 5.74) is 2.30. The zero-order valence-corrected chi connectivity index (χ0v) is 7.46. The maximum atomic E-state index is 3.95. The van der Waals surface area contributed by atoms with Crippen LogP contribution in [0.3, 0.4) is 0 Å². The minimum absolute atomic E-state index is 1.00. The molecule has 1 aliphatic carbocycles. The molecule has 0 bridgehead atoms. The Morgan fingerprint density at radius 2 is 1.92 bits per heavy atom. The second-order valence-electron chi connectivity index (χ2n) is 2.83. The van der Waals surface area contributed by atoms with Crippen molar-refractivity contribution >= 4 is 0 Å². The zero-order valence-electron chi connectivity index (χ0n) is 7.46. The maximum Gasteiger partial charge on any atom is -0.0163 e. The summed E-state index contributed by atoms with van der Waals surface area (Å²) < 4.78 is 0. The highest BCUT2D eigenvalue weighted by Gasteiger charge is 1.89. The summed E-state index contributed by atoms with van der Waals surface area (Å²) in [6.07, 6.45) is 15.5. The van der Waals surface area contributed by atoms with Gasteiger partial charge >= 0.3 is 0 Å². The van der Waals surface area contributed by atoms with E-state index in [4.69, 9.17) is 0 Å². The summed E-state index contributed by atoms with van der Waals surface area (Å²) in [5, 5.41) is 0. The van der Waals surface area contributed by atoms with Gasteiger partial charge in [-0.15, -0.1) is 0 Å². The summed E-state index contributed by atoms with van der Waals surface area (Å²) in [4.78, 5) is 0. The average molecular weight is 158 g/mol. The first-order valence-corrected chi connectivity index (χ1v) is 4.16. The van der Waals surface area contributed by atoms with Gasteiger partial charge in [0.25, 0.3) is 0 Å². The number of hydrogen-bond donors (Lipinski definition) is 0. The maximum absolute atomic E-state index is 3.95. The fourth-order valence-corrected chi connectivity index (χ4v) is 0.937. The Hall–Kier alpha value is -1.30. The van der Waals surface area contributed by atoms with E-state index in [-0.39, 0.29) is 0 Å². The van der Waals surface area contributed by atoms with Crippen LogP contribution in [0, 0.1) is 0 Å². The van der Waals surface area contributed by atoms with Gasteiger partial charge in [0.2, 0.25) is 0 Å². The predicted octanol–water partition coefficient (Wildman–Crippen LogP) is 3.56. The molecule has 0 spiro atoms. The molecule has 0 heterocycles. The smallest absolute Gasteiger partial charge is 0.0163 e. The first-order chi connectivity index (χ1) is 5.80. The lowest BCUT2D eigenvalue weighted by Crippen LogP contribution is -1.77. The van der Waals surface area contributed by atoms with Crippen LogP contribution in [0.2, 0.25) is 0 Å². The zero-order chi connectivity index (χ0) is 8.81. The molecule has 0 aromatic rings. The van der Waals surface area contributed by atoms with Gasteiger partial charge in [0.15, 0.2) is 0 Å². The first kappa shape index (κ1) is 8.79. The molecule has 0 fully saturated rings. The number of hydrogen-bond acceptors (Lipinski definition) is 0. The van der Waals surface area contributed by atoms with E-state index in [0.29, 0.717) is 0 Å². The summed E-state index contributed by atoms with van der Waals surface area (Å²) in [5.74, 6) is 0. The van der Waals surface area contributed by atoms with Gasteiger partial charge in [-0.2, -0.15) is 0 Å². The van der Waals surface area contributed by atoms with Gasteiger partial charge in [-0.25, -0.2) is 0 Å². The molecule has 12 heavy (non-hydrogen) atoms. The molecule has 1 rings (SSSR count). The lowest BCUT2D eigenvalue weighted by molar-refractivity contribution is 1.37. The van der Waals surface area contributed by atoms with Gasteiger partial charge in [-0.05, 0) is 24.5 Å². The summed E-state index contributed by atoms with van der Waals surface area (Å²) in [7, 11) is 0. The molecule has 0 amide bonds. The molecule has 0 heteroatoms. The minimum atomic E-state index is 1.00. The van der Waals surface area contributed by atoms with E-state index >= 15 is 0 Å². The molecule has 0 aromatic heterocycles. The Bertz CT molecular complexity index is 272. The summed E-state index contributed by atoms with van der Waals surface area (Å²) in [6, 6.07) is 0. The van der Waals surface area contributed by atoms with Crippen LogP contribution in [0.25, 0.3) is 0 Å². The van der Waals surface area contributed by atoms with Crippen molar-refractivity contribution in [3.63, 3.8) is 0 Å². The standard InChI is InChI=1S/C12H14/c1-11-9-7-5-3-4-6-8-10-12(11)2/h3,5-10H,1,4H2,2H3/b5-3-,8-6-,9-7-,12-10-. The van der Waals surface area contributed by atoms with Crippen LogP contribution in [-0.2, 0) is 0 Å². The van der Waals surface area contributed by atoms with Crippen LogP contribution in [0.5, 0.6) is 0 Å². The summed E-state index contributed by atoms with van der Waals surface area (Å²) >= 11 is 0. The SMILES string of the molecule is C=C1/C=C\C=C/C/C=C\C=C/1C. The monoisotopic (exact) mass is 158 g/mol. The Morgan fingerprint density at radius 3 is 2.75 bits per heavy atom. The molecule has 0 atom stereocenters. The van der Waals surface area contributed by atoms with E-state index in [1.807, 2.05) is 18.2 Å². The Balaban J connectivity index is 2.83. The van der Waals surface area contributed by atoms with E-state index in [1.54, 1.807) is 0 Å². The molecule has 1 aliphatic rings.